The van der Waals surface area contributed by atoms with Crippen molar-refractivity contribution in [3.63, 3.8) is 0 Å². The lowest BCUT2D eigenvalue weighted by Crippen LogP contribution is -2.31. The molecule has 0 spiro atoms. The number of rotatable bonds is 4. The molecule has 2 bridgehead atoms. The van der Waals surface area contributed by atoms with E-state index in [-0.39, 0.29) is 0 Å². The molecule has 3 unspecified atom stereocenters. The Bertz CT molecular complexity index is 442. The summed E-state index contributed by atoms with van der Waals surface area (Å²) in [6.07, 6.45) is 5.71. The standard InChI is InChI=1S/C12H17ClN4O/c1-2-14-12-15-6-8(13)11(17-12)16-9-5-7-3-4-10(9)18-7/h6-7,9-10H,2-5H2,1H3,(H2,14,15,16,17). The predicted octanol–water partition coefficient (Wildman–Crippen LogP) is 2.29. The Morgan fingerprint density at radius 3 is 3.06 bits per heavy atom. The molecule has 2 fully saturated rings. The van der Waals surface area contributed by atoms with Crippen molar-refractivity contribution in [1.82, 2.24) is 9.97 Å². The molecule has 2 N–H and O–H groups in total. The van der Waals surface area contributed by atoms with Crippen molar-refractivity contribution in [2.45, 2.75) is 44.4 Å². The molecule has 0 aromatic carbocycles. The SMILES string of the molecule is CCNc1ncc(Cl)c(NC2CC3CCC2O3)n1. The average Bonchev–Trinajstić information content (AvgIpc) is 2.96. The lowest BCUT2D eigenvalue weighted by Gasteiger charge is -2.21. The molecule has 1 aromatic heterocycles. The van der Waals surface area contributed by atoms with Gasteiger partial charge in [0.15, 0.2) is 5.82 Å². The molecule has 2 aliphatic heterocycles. The zero-order chi connectivity index (χ0) is 12.5. The number of hydrogen-bond acceptors (Lipinski definition) is 5. The fourth-order valence-electron chi connectivity index (χ4n) is 2.68. The second-order valence-corrected chi connectivity index (χ2v) is 5.19. The van der Waals surface area contributed by atoms with E-state index >= 15 is 0 Å². The van der Waals surface area contributed by atoms with Crippen molar-refractivity contribution in [2.24, 2.45) is 0 Å². The number of nitrogens with one attached hydrogen (secondary N) is 2. The monoisotopic (exact) mass is 268 g/mol. The van der Waals surface area contributed by atoms with Crippen LogP contribution in [0.25, 0.3) is 0 Å². The lowest BCUT2D eigenvalue weighted by atomic mass is 9.95. The van der Waals surface area contributed by atoms with Crippen molar-refractivity contribution >= 4 is 23.4 Å². The van der Waals surface area contributed by atoms with Crippen LogP contribution < -0.4 is 10.6 Å². The lowest BCUT2D eigenvalue weighted by molar-refractivity contribution is 0.102. The summed E-state index contributed by atoms with van der Waals surface area (Å²) in [5.41, 5.74) is 0. The third-order valence-electron chi connectivity index (χ3n) is 3.51. The van der Waals surface area contributed by atoms with Gasteiger partial charge in [0.05, 0.1) is 24.4 Å². The van der Waals surface area contributed by atoms with Crippen LogP contribution in [0.2, 0.25) is 5.02 Å². The first-order valence-electron chi connectivity index (χ1n) is 6.44. The van der Waals surface area contributed by atoms with Crippen LogP contribution in [-0.4, -0.2) is 34.8 Å². The highest BCUT2D eigenvalue weighted by Gasteiger charge is 2.41. The minimum absolute atomic E-state index is 0.309. The number of aromatic nitrogens is 2. The Labute approximate surface area is 111 Å². The van der Waals surface area contributed by atoms with Gasteiger partial charge in [0.2, 0.25) is 5.95 Å². The van der Waals surface area contributed by atoms with Crippen molar-refractivity contribution < 1.29 is 4.74 Å². The van der Waals surface area contributed by atoms with Gasteiger partial charge in [-0.05, 0) is 26.2 Å². The molecule has 6 heteroatoms. The number of halogens is 1. The first-order chi connectivity index (χ1) is 8.76. The van der Waals surface area contributed by atoms with Gasteiger partial charge in [-0.3, -0.25) is 0 Å². The second-order valence-electron chi connectivity index (χ2n) is 4.78. The van der Waals surface area contributed by atoms with E-state index in [0.717, 1.165) is 19.4 Å². The molecule has 2 saturated heterocycles. The maximum atomic E-state index is 6.12. The van der Waals surface area contributed by atoms with E-state index in [2.05, 4.69) is 20.6 Å². The molecule has 18 heavy (non-hydrogen) atoms. The molecule has 1 aromatic rings. The molecule has 3 rings (SSSR count). The number of fused-ring (bicyclic) bond motifs is 2. The van der Waals surface area contributed by atoms with Crippen LogP contribution in [0.4, 0.5) is 11.8 Å². The summed E-state index contributed by atoms with van der Waals surface area (Å²) in [5.74, 6) is 1.30. The van der Waals surface area contributed by atoms with E-state index < -0.39 is 0 Å². The topological polar surface area (TPSA) is 59.1 Å². The van der Waals surface area contributed by atoms with Crippen LogP contribution in [0, 0.1) is 0 Å². The Morgan fingerprint density at radius 1 is 1.50 bits per heavy atom. The highest BCUT2D eigenvalue weighted by atomic mass is 35.5. The fourth-order valence-corrected chi connectivity index (χ4v) is 2.82. The first kappa shape index (κ1) is 12.0. The number of ether oxygens (including phenoxy) is 1. The van der Waals surface area contributed by atoms with Crippen molar-refractivity contribution in [1.29, 1.82) is 0 Å². The molecule has 2 aliphatic rings. The largest absolute Gasteiger partial charge is 0.373 e. The highest BCUT2D eigenvalue weighted by Crippen LogP contribution is 2.36. The zero-order valence-electron chi connectivity index (χ0n) is 10.3. The van der Waals surface area contributed by atoms with Crippen LogP contribution in [0.5, 0.6) is 0 Å². The summed E-state index contributed by atoms with van der Waals surface area (Å²) in [7, 11) is 0. The summed E-state index contributed by atoms with van der Waals surface area (Å²) >= 11 is 6.12. The normalized spacial score (nSPS) is 29.6. The quantitative estimate of drug-likeness (QED) is 0.877. The summed E-state index contributed by atoms with van der Waals surface area (Å²) in [4.78, 5) is 8.51. The maximum absolute atomic E-state index is 6.12. The van der Waals surface area contributed by atoms with Gasteiger partial charge in [0.1, 0.15) is 5.02 Å². The third kappa shape index (κ3) is 2.24. The summed E-state index contributed by atoms with van der Waals surface area (Å²) in [6.45, 7) is 2.80. The van der Waals surface area contributed by atoms with E-state index in [9.17, 15) is 0 Å². The molecule has 5 nitrogen and oxygen atoms in total. The minimum Gasteiger partial charge on any atom is -0.373 e. The van der Waals surface area contributed by atoms with Crippen LogP contribution in [0.1, 0.15) is 26.2 Å². The van der Waals surface area contributed by atoms with E-state index in [1.807, 2.05) is 6.92 Å². The summed E-state index contributed by atoms with van der Waals surface area (Å²) in [5, 5.41) is 7.03. The molecule has 3 atom stereocenters. The van der Waals surface area contributed by atoms with Gasteiger partial charge in [-0.2, -0.15) is 4.98 Å². The number of nitrogens with zero attached hydrogens (tertiary/aromatic N) is 2. The Kier molecular flexibility index (Phi) is 3.26. The Hall–Kier alpha value is -1.07. The van der Waals surface area contributed by atoms with Crippen LogP contribution >= 0.6 is 11.6 Å². The van der Waals surface area contributed by atoms with Gasteiger partial charge in [-0.1, -0.05) is 11.6 Å². The van der Waals surface area contributed by atoms with Crippen LogP contribution in [-0.2, 0) is 4.74 Å². The van der Waals surface area contributed by atoms with Crippen LogP contribution in [0.15, 0.2) is 6.20 Å². The maximum Gasteiger partial charge on any atom is 0.224 e. The molecule has 3 heterocycles. The van der Waals surface area contributed by atoms with Crippen molar-refractivity contribution in [3.8, 4) is 0 Å². The Morgan fingerprint density at radius 2 is 2.39 bits per heavy atom. The second kappa shape index (κ2) is 4.90. The van der Waals surface area contributed by atoms with Crippen LogP contribution in [0.3, 0.4) is 0 Å². The predicted molar refractivity (Wildman–Crippen MR) is 71.1 cm³/mol. The van der Waals surface area contributed by atoms with Gasteiger partial charge >= 0.3 is 0 Å². The molecule has 0 radical (unpaired) electrons. The van der Waals surface area contributed by atoms with Gasteiger partial charge in [-0.15, -0.1) is 0 Å². The molecule has 0 saturated carbocycles. The highest BCUT2D eigenvalue weighted by molar-refractivity contribution is 6.32. The van der Waals surface area contributed by atoms with Gasteiger partial charge < -0.3 is 15.4 Å². The van der Waals surface area contributed by atoms with E-state index in [0.29, 0.717) is 35.0 Å². The zero-order valence-corrected chi connectivity index (χ0v) is 11.1. The van der Waals surface area contributed by atoms with E-state index in [1.54, 1.807) is 6.20 Å². The first-order valence-corrected chi connectivity index (χ1v) is 6.82. The van der Waals surface area contributed by atoms with Gasteiger partial charge in [0.25, 0.3) is 0 Å². The molecule has 0 aliphatic carbocycles. The fraction of sp³-hybridized carbons (Fsp3) is 0.667. The molecular weight excluding hydrogens is 252 g/mol. The summed E-state index contributed by atoms with van der Waals surface area (Å²) in [6, 6.07) is 0.325. The summed E-state index contributed by atoms with van der Waals surface area (Å²) < 4.78 is 5.81. The van der Waals surface area contributed by atoms with Gasteiger partial charge in [0, 0.05) is 6.54 Å². The number of anilines is 2. The third-order valence-corrected chi connectivity index (χ3v) is 3.78. The minimum atomic E-state index is 0.309. The van der Waals surface area contributed by atoms with Crippen molar-refractivity contribution in [2.75, 3.05) is 17.2 Å². The molecular formula is C12H17ClN4O. The van der Waals surface area contributed by atoms with Crippen molar-refractivity contribution in [3.05, 3.63) is 11.2 Å². The smallest absolute Gasteiger partial charge is 0.224 e. The Balaban J connectivity index is 1.73. The molecule has 0 amide bonds. The molecule has 98 valence electrons. The number of hydrogen-bond donors (Lipinski definition) is 2. The average molecular weight is 269 g/mol. The van der Waals surface area contributed by atoms with E-state index in [4.69, 9.17) is 16.3 Å². The van der Waals surface area contributed by atoms with E-state index in [1.165, 1.54) is 6.42 Å². The van der Waals surface area contributed by atoms with Gasteiger partial charge in [-0.25, -0.2) is 4.98 Å².